The zero-order valence-corrected chi connectivity index (χ0v) is 16.0. The molecule has 27 heavy (non-hydrogen) atoms. The first-order valence-corrected chi connectivity index (χ1v) is 8.25. The summed E-state index contributed by atoms with van der Waals surface area (Å²) in [6, 6.07) is 7.48. The van der Waals surface area contributed by atoms with Gasteiger partial charge in [-0.05, 0) is 31.2 Å². The van der Waals surface area contributed by atoms with E-state index in [-0.39, 0.29) is 17.7 Å². The topological polar surface area (TPSA) is 92.9 Å². The molecular weight excluding hydrogens is 346 g/mol. The average molecular weight is 371 g/mol. The van der Waals surface area contributed by atoms with Crippen molar-refractivity contribution < 1.29 is 19.4 Å². The fraction of sp³-hybridized carbons (Fsp3) is 0.250. The molecule has 2 N–H and O–H groups in total. The zero-order valence-electron chi connectivity index (χ0n) is 16.0. The number of nitrogens with one attached hydrogen (secondary N) is 1. The number of nitrogens with zero attached hydrogens (tertiary/aromatic N) is 2. The van der Waals surface area contributed by atoms with Crippen LogP contribution < -0.4 is 10.1 Å². The number of para-hydroxylation sites is 1. The largest absolute Gasteiger partial charge is 0.484 e. The molecule has 1 amide bonds. The van der Waals surface area contributed by atoms with Crippen LogP contribution in [-0.4, -0.2) is 47.8 Å². The minimum Gasteiger partial charge on any atom is -0.484 e. The highest BCUT2D eigenvalue weighted by Gasteiger charge is 2.11. The van der Waals surface area contributed by atoms with Crippen LogP contribution in [0.25, 0.3) is 10.9 Å². The first-order valence-electron chi connectivity index (χ1n) is 8.25. The van der Waals surface area contributed by atoms with Gasteiger partial charge in [-0.3, -0.25) is 14.6 Å². The number of carbonyl (C=O) groups excluding carboxylic acids is 2. The molecule has 0 aliphatic rings. The molecule has 1 unspecified atom stereocenters. The predicted molar refractivity (Wildman–Crippen MR) is 107 cm³/mol. The summed E-state index contributed by atoms with van der Waals surface area (Å²) in [7, 11) is 4.36. The van der Waals surface area contributed by atoms with Gasteiger partial charge in [-0.1, -0.05) is 18.7 Å². The second-order valence-electron chi connectivity index (χ2n) is 5.40. The zero-order chi connectivity index (χ0) is 20.4. The van der Waals surface area contributed by atoms with Crippen molar-refractivity contribution in [3.8, 4) is 5.75 Å². The Morgan fingerprint density at radius 2 is 2.11 bits per heavy atom. The Bertz CT molecular complexity index is 865. The Kier molecular flexibility index (Phi) is 8.68. The highest BCUT2D eigenvalue weighted by atomic mass is 16.5. The van der Waals surface area contributed by atoms with Crippen molar-refractivity contribution in [2.24, 2.45) is 12.0 Å². The number of aliphatic hydroxyl groups is 1. The van der Waals surface area contributed by atoms with Gasteiger partial charge in [0.05, 0.1) is 11.2 Å². The van der Waals surface area contributed by atoms with E-state index in [1.807, 2.05) is 38.2 Å². The lowest BCUT2D eigenvalue weighted by Gasteiger charge is -2.13. The van der Waals surface area contributed by atoms with Crippen molar-refractivity contribution in [2.75, 3.05) is 14.2 Å². The normalized spacial score (nSPS) is 12.3. The highest BCUT2D eigenvalue weighted by Crippen LogP contribution is 2.28. The number of aliphatic imine (C=N–C) groups is 1. The van der Waals surface area contributed by atoms with Gasteiger partial charge in [-0.15, -0.1) is 0 Å². The van der Waals surface area contributed by atoms with Crippen LogP contribution in [0.1, 0.15) is 17.4 Å². The van der Waals surface area contributed by atoms with E-state index in [1.165, 1.54) is 19.3 Å². The Labute approximate surface area is 158 Å². The van der Waals surface area contributed by atoms with Crippen LogP contribution in [0.4, 0.5) is 0 Å². The van der Waals surface area contributed by atoms with Crippen molar-refractivity contribution in [1.29, 1.82) is 0 Å². The minimum atomic E-state index is -0.303. The molecule has 0 saturated heterocycles. The van der Waals surface area contributed by atoms with E-state index < -0.39 is 0 Å². The molecule has 1 atom stereocenters. The number of ether oxygens (including phenoxy) is 1. The molecule has 0 saturated carbocycles. The van der Waals surface area contributed by atoms with Crippen molar-refractivity contribution in [1.82, 2.24) is 9.88 Å². The molecule has 0 aliphatic carbocycles. The molecule has 7 nitrogen and oxygen atoms in total. The molecule has 0 fully saturated rings. The van der Waals surface area contributed by atoms with Gasteiger partial charge >= 0.3 is 0 Å². The minimum absolute atomic E-state index is 0.228. The molecular formula is C20H25N3O4. The van der Waals surface area contributed by atoms with Crippen LogP contribution in [0, 0.1) is 0 Å². The first kappa shape index (κ1) is 21.9. The van der Waals surface area contributed by atoms with Gasteiger partial charge in [-0.2, -0.15) is 0 Å². The number of hydrogen-bond acceptors (Lipinski definition) is 5. The van der Waals surface area contributed by atoms with E-state index in [0.717, 1.165) is 24.3 Å². The number of fused-ring (bicyclic) bond motifs is 1. The molecule has 0 radical (unpaired) electrons. The smallest absolute Gasteiger partial charge is 0.269 e. The van der Waals surface area contributed by atoms with Gasteiger partial charge in [0.15, 0.2) is 6.29 Å². The van der Waals surface area contributed by atoms with Crippen molar-refractivity contribution in [2.45, 2.75) is 13.0 Å². The van der Waals surface area contributed by atoms with Crippen molar-refractivity contribution in [3.63, 3.8) is 0 Å². The molecule has 7 heteroatoms. The van der Waals surface area contributed by atoms with Crippen molar-refractivity contribution in [3.05, 3.63) is 54.9 Å². The first-order chi connectivity index (χ1) is 13.0. The Hall–Kier alpha value is -3.19. The van der Waals surface area contributed by atoms with E-state index in [4.69, 9.17) is 9.84 Å². The number of aromatic nitrogens is 1. The third-order valence-electron chi connectivity index (χ3n) is 3.71. The third-order valence-corrected chi connectivity index (χ3v) is 3.71. The van der Waals surface area contributed by atoms with E-state index in [9.17, 15) is 9.59 Å². The van der Waals surface area contributed by atoms with Crippen LogP contribution in [0.2, 0.25) is 0 Å². The van der Waals surface area contributed by atoms with Crippen molar-refractivity contribution >= 4 is 28.8 Å². The summed E-state index contributed by atoms with van der Waals surface area (Å²) in [5, 5.41) is 10.4. The van der Waals surface area contributed by atoms with Crippen LogP contribution in [0.3, 0.4) is 0 Å². The summed E-state index contributed by atoms with van der Waals surface area (Å²) in [6.07, 6.45) is 5.17. The lowest BCUT2D eigenvalue weighted by Crippen LogP contribution is -2.25. The Balaban J connectivity index is 0.00000176. The lowest BCUT2D eigenvalue weighted by atomic mass is 10.2. The molecule has 0 aliphatic heterocycles. The summed E-state index contributed by atoms with van der Waals surface area (Å²) in [6.45, 7) is 5.42. The van der Waals surface area contributed by atoms with Crippen LogP contribution in [0.15, 0.2) is 54.2 Å². The third kappa shape index (κ3) is 5.39. The molecule has 0 spiro atoms. The van der Waals surface area contributed by atoms with E-state index in [0.29, 0.717) is 11.4 Å². The fourth-order valence-electron chi connectivity index (χ4n) is 2.42. The number of carbonyl (C=O) groups is 2. The number of rotatable bonds is 7. The van der Waals surface area contributed by atoms with Gasteiger partial charge in [0.1, 0.15) is 17.6 Å². The molecule has 2 aromatic rings. The monoisotopic (exact) mass is 371 g/mol. The van der Waals surface area contributed by atoms with Crippen LogP contribution in [-0.2, 0) is 11.8 Å². The maximum Gasteiger partial charge on any atom is 0.269 e. The van der Waals surface area contributed by atoms with E-state index in [1.54, 1.807) is 10.6 Å². The number of amides is 1. The number of aliphatic hydroxyl groups excluding tert-OH is 1. The molecule has 2 rings (SSSR count). The number of benzene rings is 1. The van der Waals surface area contributed by atoms with Gasteiger partial charge in [0.2, 0.25) is 0 Å². The van der Waals surface area contributed by atoms with E-state index >= 15 is 0 Å². The van der Waals surface area contributed by atoms with Gasteiger partial charge in [-0.25, -0.2) is 0 Å². The molecule has 1 aromatic carbocycles. The van der Waals surface area contributed by atoms with Crippen LogP contribution >= 0.6 is 0 Å². The number of hydrogen-bond donors (Lipinski definition) is 2. The highest BCUT2D eigenvalue weighted by molar-refractivity contribution is 6.43. The maximum atomic E-state index is 11.5. The predicted octanol–water partition coefficient (Wildman–Crippen LogP) is 2.25. The molecule has 144 valence electrons. The SMILES string of the molecule is C=CC(=N/C=C\C(C)Oc1cccc2cc(C=O)n(C)c12)C(=O)NC.CO. The summed E-state index contributed by atoms with van der Waals surface area (Å²) in [4.78, 5) is 26.7. The Morgan fingerprint density at radius 1 is 1.41 bits per heavy atom. The number of aryl methyl sites for hydroxylation is 1. The van der Waals surface area contributed by atoms with Crippen LogP contribution in [0.5, 0.6) is 5.75 Å². The second kappa shape index (κ2) is 10.7. The lowest BCUT2D eigenvalue weighted by molar-refractivity contribution is -0.114. The fourth-order valence-corrected chi connectivity index (χ4v) is 2.42. The Morgan fingerprint density at radius 3 is 2.70 bits per heavy atom. The standard InChI is InChI=1S/C19H21N3O3.CH4O/c1-5-16(19(24)20-3)21-10-9-13(2)25-17-8-6-7-14-11-15(12-23)22(4)18(14)17;1-2/h5-13H,1H2,2-4H3,(H,20,24);2H,1H3/b10-9-,21-16?;. The average Bonchev–Trinajstić information content (AvgIpc) is 3.03. The van der Waals surface area contributed by atoms with E-state index in [2.05, 4.69) is 16.9 Å². The summed E-state index contributed by atoms with van der Waals surface area (Å²) in [5.74, 6) is 0.368. The van der Waals surface area contributed by atoms with Gasteiger partial charge in [0.25, 0.3) is 5.91 Å². The molecule has 0 bridgehead atoms. The van der Waals surface area contributed by atoms with Gasteiger partial charge < -0.3 is 19.7 Å². The number of aldehydes is 1. The van der Waals surface area contributed by atoms with Gasteiger partial charge in [0, 0.05) is 32.8 Å². The molecule has 1 heterocycles. The summed E-state index contributed by atoms with van der Waals surface area (Å²) >= 11 is 0. The molecule has 1 aromatic heterocycles. The maximum absolute atomic E-state index is 11.5. The quantitative estimate of drug-likeness (QED) is 0.577. The second-order valence-corrected chi connectivity index (χ2v) is 5.40. The summed E-state index contributed by atoms with van der Waals surface area (Å²) < 4.78 is 7.75. The summed E-state index contributed by atoms with van der Waals surface area (Å²) in [5.41, 5.74) is 1.66.